The number of rotatable bonds is 4. The fourth-order valence-corrected chi connectivity index (χ4v) is 2.32. The SMILES string of the molecule is CCNCC(C)c1nnc2n1CCCCC2. The number of nitrogens with zero attached hydrogens (tertiary/aromatic N) is 3. The molecule has 0 saturated carbocycles. The molecule has 1 aromatic heterocycles. The fraction of sp³-hybridized carbons (Fsp3) is 0.833. The van der Waals surface area contributed by atoms with Gasteiger partial charge in [0.1, 0.15) is 11.6 Å². The molecule has 1 unspecified atom stereocenters. The monoisotopic (exact) mass is 222 g/mol. The molecule has 0 amide bonds. The Morgan fingerprint density at radius 3 is 3.00 bits per heavy atom. The third-order valence-corrected chi connectivity index (χ3v) is 3.28. The summed E-state index contributed by atoms with van der Waals surface area (Å²) in [7, 11) is 0. The Balaban J connectivity index is 2.11. The van der Waals surface area contributed by atoms with Crippen LogP contribution in [-0.2, 0) is 13.0 Å². The number of aromatic nitrogens is 3. The molecule has 0 radical (unpaired) electrons. The molecule has 1 atom stereocenters. The van der Waals surface area contributed by atoms with Gasteiger partial charge in [-0.1, -0.05) is 20.3 Å². The predicted molar refractivity (Wildman–Crippen MR) is 64.5 cm³/mol. The highest BCUT2D eigenvalue weighted by Crippen LogP contribution is 2.19. The average Bonchev–Trinajstić information content (AvgIpc) is 2.55. The number of fused-ring (bicyclic) bond motifs is 1. The summed E-state index contributed by atoms with van der Waals surface area (Å²) in [5, 5.41) is 12.1. The molecule has 1 aromatic rings. The van der Waals surface area contributed by atoms with Crippen LogP contribution < -0.4 is 5.32 Å². The lowest BCUT2D eigenvalue weighted by atomic mass is 10.1. The van der Waals surface area contributed by atoms with Crippen molar-refractivity contribution in [2.24, 2.45) is 0 Å². The first-order chi connectivity index (χ1) is 7.83. The van der Waals surface area contributed by atoms with Crippen LogP contribution in [0, 0.1) is 0 Å². The molecule has 16 heavy (non-hydrogen) atoms. The summed E-state index contributed by atoms with van der Waals surface area (Å²) >= 11 is 0. The highest BCUT2D eigenvalue weighted by atomic mass is 15.3. The van der Waals surface area contributed by atoms with E-state index in [1.54, 1.807) is 0 Å². The fourth-order valence-electron chi connectivity index (χ4n) is 2.32. The zero-order chi connectivity index (χ0) is 11.4. The van der Waals surface area contributed by atoms with Gasteiger partial charge in [-0.25, -0.2) is 0 Å². The third kappa shape index (κ3) is 2.43. The summed E-state index contributed by atoms with van der Waals surface area (Å²) in [5.74, 6) is 2.81. The summed E-state index contributed by atoms with van der Waals surface area (Å²) < 4.78 is 2.34. The number of aryl methyl sites for hydroxylation is 1. The zero-order valence-corrected chi connectivity index (χ0v) is 10.4. The maximum atomic E-state index is 4.37. The molecule has 4 heteroatoms. The van der Waals surface area contributed by atoms with Gasteiger partial charge in [0, 0.05) is 25.4 Å². The van der Waals surface area contributed by atoms with Gasteiger partial charge in [0.05, 0.1) is 0 Å². The number of likely N-dealkylation sites (N-methyl/N-ethyl adjacent to an activating group) is 1. The molecular formula is C12H22N4. The Kier molecular flexibility index (Phi) is 3.93. The molecule has 0 aromatic carbocycles. The van der Waals surface area contributed by atoms with E-state index in [1.165, 1.54) is 25.1 Å². The molecule has 0 fully saturated rings. The van der Waals surface area contributed by atoms with Crippen molar-refractivity contribution >= 4 is 0 Å². The summed E-state index contributed by atoms with van der Waals surface area (Å²) in [6, 6.07) is 0. The Morgan fingerprint density at radius 2 is 2.19 bits per heavy atom. The molecule has 1 aliphatic heterocycles. The molecule has 0 aliphatic carbocycles. The van der Waals surface area contributed by atoms with Gasteiger partial charge >= 0.3 is 0 Å². The first kappa shape index (κ1) is 11.6. The molecular weight excluding hydrogens is 200 g/mol. The van der Waals surface area contributed by atoms with Gasteiger partial charge < -0.3 is 9.88 Å². The highest BCUT2D eigenvalue weighted by molar-refractivity contribution is 5.03. The lowest BCUT2D eigenvalue weighted by molar-refractivity contribution is 0.545. The molecule has 0 spiro atoms. The van der Waals surface area contributed by atoms with E-state index < -0.39 is 0 Å². The van der Waals surface area contributed by atoms with Gasteiger partial charge in [0.25, 0.3) is 0 Å². The number of hydrogen-bond donors (Lipinski definition) is 1. The first-order valence-corrected chi connectivity index (χ1v) is 6.45. The summed E-state index contributed by atoms with van der Waals surface area (Å²) in [6.07, 6.45) is 4.96. The van der Waals surface area contributed by atoms with Gasteiger partial charge in [0.2, 0.25) is 0 Å². The van der Waals surface area contributed by atoms with E-state index in [1.807, 2.05) is 0 Å². The lowest BCUT2D eigenvalue weighted by Gasteiger charge is -2.13. The second-order valence-electron chi connectivity index (χ2n) is 4.65. The van der Waals surface area contributed by atoms with Crippen molar-refractivity contribution < 1.29 is 0 Å². The second-order valence-corrected chi connectivity index (χ2v) is 4.65. The van der Waals surface area contributed by atoms with E-state index in [4.69, 9.17) is 0 Å². The van der Waals surface area contributed by atoms with Crippen molar-refractivity contribution in [2.75, 3.05) is 13.1 Å². The van der Waals surface area contributed by atoms with Crippen LogP contribution in [0.4, 0.5) is 0 Å². The summed E-state index contributed by atoms with van der Waals surface area (Å²) in [4.78, 5) is 0. The molecule has 90 valence electrons. The lowest BCUT2D eigenvalue weighted by Crippen LogP contribution is -2.22. The van der Waals surface area contributed by atoms with Crippen molar-refractivity contribution in [3.05, 3.63) is 11.6 Å². The van der Waals surface area contributed by atoms with E-state index in [9.17, 15) is 0 Å². The molecule has 4 nitrogen and oxygen atoms in total. The quantitative estimate of drug-likeness (QED) is 0.843. The summed E-state index contributed by atoms with van der Waals surface area (Å²) in [6.45, 7) is 7.48. The highest BCUT2D eigenvalue weighted by Gasteiger charge is 2.18. The predicted octanol–water partition coefficient (Wildman–Crippen LogP) is 1.72. The van der Waals surface area contributed by atoms with Crippen molar-refractivity contribution in [3.8, 4) is 0 Å². The standard InChI is InChI=1S/C12H22N4/c1-3-13-9-10(2)12-15-14-11-7-5-4-6-8-16(11)12/h10,13H,3-9H2,1-2H3. The molecule has 1 aliphatic rings. The Bertz CT molecular complexity index is 332. The van der Waals surface area contributed by atoms with E-state index in [0.717, 1.165) is 31.9 Å². The van der Waals surface area contributed by atoms with Crippen LogP contribution in [-0.4, -0.2) is 27.9 Å². The van der Waals surface area contributed by atoms with Gasteiger partial charge in [-0.05, 0) is 19.4 Å². The van der Waals surface area contributed by atoms with Gasteiger partial charge in [0.15, 0.2) is 0 Å². The molecule has 2 heterocycles. The van der Waals surface area contributed by atoms with Crippen LogP contribution in [0.1, 0.15) is 50.7 Å². The minimum absolute atomic E-state index is 0.458. The van der Waals surface area contributed by atoms with Crippen LogP contribution >= 0.6 is 0 Å². The van der Waals surface area contributed by atoms with Gasteiger partial charge in [-0.15, -0.1) is 10.2 Å². The smallest absolute Gasteiger partial charge is 0.137 e. The largest absolute Gasteiger partial charge is 0.316 e. The van der Waals surface area contributed by atoms with E-state index in [0.29, 0.717) is 5.92 Å². The molecule has 2 rings (SSSR count). The van der Waals surface area contributed by atoms with Crippen molar-refractivity contribution in [2.45, 2.75) is 52.0 Å². The average molecular weight is 222 g/mol. The maximum Gasteiger partial charge on any atom is 0.137 e. The van der Waals surface area contributed by atoms with Gasteiger partial charge in [-0.3, -0.25) is 0 Å². The van der Waals surface area contributed by atoms with Crippen LogP contribution in [0.25, 0.3) is 0 Å². The zero-order valence-electron chi connectivity index (χ0n) is 10.4. The normalized spacial score (nSPS) is 17.9. The summed E-state index contributed by atoms with van der Waals surface area (Å²) in [5.41, 5.74) is 0. The van der Waals surface area contributed by atoms with E-state index in [-0.39, 0.29) is 0 Å². The van der Waals surface area contributed by atoms with Crippen molar-refractivity contribution in [1.82, 2.24) is 20.1 Å². The van der Waals surface area contributed by atoms with Gasteiger partial charge in [-0.2, -0.15) is 0 Å². The van der Waals surface area contributed by atoms with Crippen LogP contribution in [0.5, 0.6) is 0 Å². The van der Waals surface area contributed by atoms with Crippen molar-refractivity contribution in [1.29, 1.82) is 0 Å². The minimum Gasteiger partial charge on any atom is -0.316 e. The van der Waals surface area contributed by atoms with Crippen LogP contribution in [0.15, 0.2) is 0 Å². The Hall–Kier alpha value is -0.900. The van der Waals surface area contributed by atoms with E-state index in [2.05, 4.69) is 33.9 Å². The molecule has 1 N–H and O–H groups in total. The van der Waals surface area contributed by atoms with Crippen LogP contribution in [0.2, 0.25) is 0 Å². The second kappa shape index (κ2) is 5.43. The Morgan fingerprint density at radius 1 is 1.31 bits per heavy atom. The minimum atomic E-state index is 0.458. The Labute approximate surface area is 97.5 Å². The number of nitrogens with one attached hydrogen (secondary N) is 1. The van der Waals surface area contributed by atoms with Crippen molar-refractivity contribution in [3.63, 3.8) is 0 Å². The number of hydrogen-bond acceptors (Lipinski definition) is 3. The maximum absolute atomic E-state index is 4.37. The topological polar surface area (TPSA) is 42.7 Å². The third-order valence-electron chi connectivity index (χ3n) is 3.28. The molecule has 0 saturated heterocycles. The van der Waals surface area contributed by atoms with Crippen LogP contribution in [0.3, 0.4) is 0 Å². The first-order valence-electron chi connectivity index (χ1n) is 6.45. The molecule has 0 bridgehead atoms. The van der Waals surface area contributed by atoms with E-state index >= 15 is 0 Å².